The molecule has 3 rings (SSSR count). The number of nitrogens with zero attached hydrogens (tertiary/aromatic N) is 2. The van der Waals surface area contributed by atoms with E-state index in [0.717, 1.165) is 12.1 Å². The minimum absolute atomic E-state index is 0.0485. The smallest absolute Gasteiger partial charge is 0.185 e. The fraction of sp³-hybridized carbons (Fsp3) is 0.278. The second kappa shape index (κ2) is 7.70. The van der Waals surface area contributed by atoms with Crippen molar-refractivity contribution in [2.24, 2.45) is 0 Å². The van der Waals surface area contributed by atoms with Crippen molar-refractivity contribution in [3.8, 4) is 6.07 Å². The zero-order valence-electron chi connectivity index (χ0n) is 13.3. The molecule has 25 heavy (non-hydrogen) atoms. The molecular weight excluding hydrogens is 345 g/mol. The van der Waals surface area contributed by atoms with E-state index in [1.807, 2.05) is 6.07 Å². The number of carbonyl (C=O) groups is 1. The lowest BCUT2D eigenvalue weighted by Crippen LogP contribution is -2.33. The second-order valence-electron chi connectivity index (χ2n) is 5.68. The average Bonchev–Trinajstić information content (AvgIpc) is 2.63. The quantitative estimate of drug-likeness (QED) is 0.849. The summed E-state index contributed by atoms with van der Waals surface area (Å²) in [5.74, 6) is -0.871. The predicted octanol–water partition coefficient (Wildman–Crippen LogP) is 2.83. The van der Waals surface area contributed by atoms with Crippen LogP contribution >= 0.6 is 11.6 Å². The standard InChI is InChI=1S/C18H15ClFN3O2/c19-13-7-14(9-21)23-16(8-13)17(24)6-11-1-2-12(5-15(11)20)18-10-22-3-4-25-18/h1-2,5,7-8,18,22H,3-4,6,10H2/t18-/m1/s1. The lowest BCUT2D eigenvalue weighted by Gasteiger charge is -2.24. The lowest BCUT2D eigenvalue weighted by atomic mass is 10.0. The van der Waals surface area contributed by atoms with Crippen molar-refractivity contribution < 1.29 is 13.9 Å². The first-order valence-electron chi connectivity index (χ1n) is 7.78. The summed E-state index contributed by atoms with van der Waals surface area (Å²) >= 11 is 5.88. The first kappa shape index (κ1) is 17.5. The first-order valence-corrected chi connectivity index (χ1v) is 8.16. The maximum atomic E-state index is 14.4. The monoisotopic (exact) mass is 359 g/mol. The number of ketones is 1. The fourth-order valence-corrected chi connectivity index (χ4v) is 2.85. The topological polar surface area (TPSA) is 75.0 Å². The number of aromatic nitrogens is 1. The molecule has 1 N–H and O–H groups in total. The van der Waals surface area contributed by atoms with Crippen molar-refractivity contribution >= 4 is 17.4 Å². The maximum Gasteiger partial charge on any atom is 0.185 e. The van der Waals surface area contributed by atoms with E-state index in [-0.39, 0.29) is 34.5 Å². The maximum absolute atomic E-state index is 14.4. The summed E-state index contributed by atoms with van der Waals surface area (Å²) in [6.45, 7) is 1.98. The molecule has 1 aromatic heterocycles. The number of pyridine rings is 1. The summed E-state index contributed by atoms with van der Waals surface area (Å²) in [5, 5.41) is 12.3. The molecule has 0 amide bonds. The number of ether oxygens (including phenoxy) is 1. The number of hydrogen-bond donors (Lipinski definition) is 1. The van der Waals surface area contributed by atoms with Gasteiger partial charge in [-0.2, -0.15) is 5.26 Å². The summed E-state index contributed by atoms with van der Waals surface area (Å²) in [6.07, 6.45) is -0.352. The molecular formula is C18H15ClFN3O2. The Balaban J connectivity index is 1.77. The van der Waals surface area contributed by atoms with E-state index in [4.69, 9.17) is 21.6 Å². The largest absolute Gasteiger partial charge is 0.371 e. The number of carbonyl (C=O) groups excluding carboxylic acids is 1. The van der Waals surface area contributed by atoms with Gasteiger partial charge in [-0.15, -0.1) is 0 Å². The molecule has 0 radical (unpaired) electrons. The van der Waals surface area contributed by atoms with Gasteiger partial charge in [0, 0.05) is 24.5 Å². The van der Waals surface area contributed by atoms with Crippen molar-refractivity contribution in [1.82, 2.24) is 10.3 Å². The Bertz CT molecular complexity index is 845. The third kappa shape index (κ3) is 4.20. The Kier molecular flexibility index (Phi) is 5.39. The van der Waals surface area contributed by atoms with E-state index in [1.165, 1.54) is 18.2 Å². The van der Waals surface area contributed by atoms with Gasteiger partial charge in [0.2, 0.25) is 0 Å². The number of morpholine rings is 1. The highest BCUT2D eigenvalue weighted by Gasteiger charge is 2.19. The van der Waals surface area contributed by atoms with Crippen LogP contribution in [0.1, 0.15) is 33.4 Å². The summed E-state index contributed by atoms with van der Waals surface area (Å²) in [7, 11) is 0. The van der Waals surface area contributed by atoms with E-state index in [0.29, 0.717) is 13.2 Å². The highest BCUT2D eigenvalue weighted by Crippen LogP contribution is 2.22. The normalized spacial score (nSPS) is 17.1. The van der Waals surface area contributed by atoms with Gasteiger partial charge in [0.1, 0.15) is 23.3 Å². The van der Waals surface area contributed by atoms with Crippen LogP contribution < -0.4 is 5.32 Å². The fourth-order valence-electron chi connectivity index (χ4n) is 2.65. The van der Waals surface area contributed by atoms with Gasteiger partial charge in [-0.3, -0.25) is 4.79 Å². The summed E-state index contributed by atoms with van der Waals surface area (Å²) < 4.78 is 20.0. The van der Waals surface area contributed by atoms with Crippen molar-refractivity contribution in [1.29, 1.82) is 5.26 Å². The molecule has 0 saturated carbocycles. The van der Waals surface area contributed by atoms with Crippen LogP contribution in [0.25, 0.3) is 0 Å². The molecule has 0 spiro atoms. The molecule has 1 aromatic carbocycles. The van der Waals surface area contributed by atoms with E-state index >= 15 is 0 Å². The Morgan fingerprint density at radius 3 is 2.96 bits per heavy atom. The predicted molar refractivity (Wildman–Crippen MR) is 90.0 cm³/mol. The molecule has 0 unspecified atom stereocenters. The molecule has 1 fully saturated rings. The van der Waals surface area contributed by atoms with Gasteiger partial charge in [0.15, 0.2) is 5.78 Å². The molecule has 1 aliphatic rings. The van der Waals surface area contributed by atoms with Crippen LogP contribution in [0.15, 0.2) is 30.3 Å². The van der Waals surface area contributed by atoms with Crippen molar-refractivity contribution in [3.05, 3.63) is 63.7 Å². The molecule has 0 aliphatic carbocycles. The number of Topliss-reactive ketones (excluding diaryl/α,β-unsaturated/α-hetero) is 1. The van der Waals surface area contributed by atoms with Gasteiger partial charge >= 0.3 is 0 Å². The lowest BCUT2D eigenvalue weighted by molar-refractivity contribution is 0.0275. The SMILES string of the molecule is N#Cc1cc(Cl)cc(C(=O)Cc2ccc([C@H]3CNCCO3)cc2F)n1. The van der Waals surface area contributed by atoms with E-state index in [2.05, 4.69) is 10.3 Å². The molecule has 2 aromatic rings. The van der Waals surface area contributed by atoms with E-state index in [9.17, 15) is 9.18 Å². The summed E-state index contributed by atoms with van der Waals surface area (Å²) in [4.78, 5) is 16.3. The van der Waals surface area contributed by atoms with Crippen LogP contribution in [0.4, 0.5) is 4.39 Å². The van der Waals surface area contributed by atoms with Crippen molar-refractivity contribution in [2.75, 3.05) is 19.7 Å². The van der Waals surface area contributed by atoms with Gasteiger partial charge in [-0.1, -0.05) is 23.7 Å². The van der Waals surface area contributed by atoms with Crippen LogP contribution in [-0.4, -0.2) is 30.5 Å². The third-order valence-electron chi connectivity index (χ3n) is 3.92. The van der Waals surface area contributed by atoms with Crippen molar-refractivity contribution in [2.45, 2.75) is 12.5 Å². The Morgan fingerprint density at radius 2 is 2.28 bits per heavy atom. The number of nitrogens with one attached hydrogen (secondary N) is 1. The number of halogens is 2. The van der Waals surface area contributed by atoms with Crippen LogP contribution in [0.5, 0.6) is 0 Å². The number of benzene rings is 1. The van der Waals surface area contributed by atoms with Crippen LogP contribution in [0.3, 0.4) is 0 Å². The van der Waals surface area contributed by atoms with Gasteiger partial charge in [0.25, 0.3) is 0 Å². The summed E-state index contributed by atoms with van der Waals surface area (Å²) in [6, 6.07) is 9.32. The zero-order valence-corrected chi connectivity index (χ0v) is 14.0. The average molecular weight is 360 g/mol. The Hall–Kier alpha value is -2.33. The Labute approximate surface area is 149 Å². The molecule has 1 aliphatic heterocycles. The van der Waals surface area contributed by atoms with Crippen LogP contribution in [0, 0.1) is 17.1 Å². The van der Waals surface area contributed by atoms with E-state index in [1.54, 1.807) is 12.1 Å². The number of rotatable bonds is 4. The highest BCUT2D eigenvalue weighted by atomic mass is 35.5. The number of hydrogen-bond acceptors (Lipinski definition) is 5. The molecule has 7 heteroatoms. The minimum Gasteiger partial charge on any atom is -0.371 e. The van der Waals surface area contributed by atoms with Crippen LogP contribution in [0.2, 0.25) is 5.02 Å². The third-order valence-corrected chi connectivity index (χ3v) is 4.14. The molecule has 1 saturated heterocycles. The van der Waals surface area contributed by atoms with E-state index < -0.39 is 11.6 Å². The molecule has 128 valence electrons. The zero-order chi connectivity index (χ0) is 17.8. The van der Waals surface area contributed by atoms with Gasteiger partial charge < -0.3 is 10.1 Å². The summed E-state index contributed by atoms with van der Waals surface area (Å²) in [5.41, 5.74) is 1.09. The number of nitriles is 1. The first-order chi connectivity index (χ1) is 12.1. The van der Waals surface area contributed by atoms with Gasteiger partial charge in [-0.25, -0.2) is 9.37 Å². The minimum atomic E-state index is -0.470. The Morgan fingerprint density at radius 1 is 1.44 bits per heavy atom. The molecule has 5 nitrogen and oxygen atoms in total. The molecule has 2 heterocycles. The van der Waals surface area contributed by atoms with Crippen LogP contribution in [-0.2, 0) is 11.2 Å². The second-order valence-corrected chi connectivity index (χ2v) is 6.12. The van der Waals surface area contributed by atoms with Crippen molar-refractivity contribution in [3.63, 3.8) is 0 Å². The van der Waals surface area contributed by atoms with Gasteiger partial charge in [0.05, 0.1) is 12.7 Å². The highest BCUT2D eigenvalue weighted by molar-refractivity contribution is 6.31. The molecule has 0 bridgehead atoms. The molecule has 1 atom stereocenters. The van der Waals surface area contributed by atoms with Gasteiger partial charge in [-0.05, 0) is 29.3 Å².